The summed E-state index contributed by atoms with van der Waals surface area (Å²) in [6.45, 7) is 10.5. The molecule has 1 amide bonds. The number of aryl methyl sites for hydroxylation is 1. The Morgan fingerprint density at radius 2 is 1.85 bits per heavy atom. The molecule has 0 N–H and O–H groups in total. The minimum absolute atomic E-state index is 0.0325. The Kier molecular flexibility index (Phi) is 6.61. The molecule has 1 aromatic carbocycles. The van der Waals surface area contributed by atoms with E-state index in [1.54, 1.807) is 4.90 Å². The molecule has 0 bridgehead atoms. The predicted molar refractivity (Wildman–Crippen MR) is 107 cm³/mol. The van der Waals surface area contributed by atoms with Crippen molar-refractivity contribution in [1.29, 1.82) is 0 Å². The molecule has 0 radical (unpaired) electrons. The molecule has 0 saturated carbocycles. The van der Waals surface area contributed by atoms with E-state index in [0.717, 1.165) is 38.9 Å². The van der Waals surface area contributed by atoms with E-state index in [9.17, 15) is 4.79 Å². The van der Waals surface area contributed by atoms with E-state index < -0.39 is 0 Å². The van der Waals surface area contributed by atoms with Gasteiger partial charge in [-0.2, -0.15) is 0 Å². The molecule has 0 spiro atoms. The summed E-state index contributed by atoms with van der Waals surface area (Å²) in [6.07, 6.45) is 5.11. The van der Waals surface area contributed by atoms with Crippen LogP contribution in [-0.4, -0.2) is 56.9 Å². The first-order valence-corrected chi connectivity index (χ1v) is 10.2. The van der Waals surface area contributed by atoms with Gasteiger partial charge >= 0.3 is 0 Å². The van der Waals surface area contributed by atoms with Crippen molar-refractivity contribution in [3.05, 3.63) is 47.3 Å². The molecule has 6 nitrogen and oxygen atoms in total. The lowest BCUT2D eigenvalue weighted by atomic mass is 10.0. The number of aromatic nitrogens is 3. The summed E-state index contributed by atoms with van der Waals surface area (Å²) >= 11 is 0. The van der Waals surface area contributed by atoms with E-state index in [2.05, 4.69) is 46.4 Å². The van der Waals surface area contributed by atoms with Gasteiger partial charge in [-0.15, -0.1) is 5.10 Å². The van der Waals surface area contributed by atoms with Crippen LogP contribution in [0.5, 0.6) is 0 Å². The maximum Gasteiger partial charge on any atom is 0.276 e. The summed E-state index contributed by atoms with van der Waals surface area (Å²) in [5.41, 5.74) is 3.18. The number of piperidine rings is 1. The summed E-state index contributed by atoms with van der Waals surface area (Å²) in [5.74, 6) is -0.0325. The highest BCUT2D eigenvalue weighted by molar-refractivity contribution is 5.91. The Labute approximate surface area is 162 Å². The highest BCUT2D eigenvalue weighted by atomic mass is 16.2. The maximum absolute atomic E-state index is 12.5. The molecule has 0 aliphatic carbocycles. The number of nitrogens with zero attached hydrogens (tertiary/aromatic N) is 5. The van der Waals surface area contributed by atoms with Crippen LogP contribution in [0.3, 0.4) is 0 Å². The first kappa shape index (κ1) is 19.5. The fraction of sp³-hybridized carbons (Fsp3) is 0.571. The first-order chi connectivity index (χ1) is 13.1. The van der Waals surface area contributed by atoms with Gasteiger partial charge in [0, 0.05) is 26.2 Å². The van der Waals surface area contributed by atoms with Gasteiger partial charge in [-0.25, -0.2) is 4.68 Å². The van der Waals surface area contributed by atoms with E-state index in [1.165, 1.54) is 11.1 Å². The molecule has 1 atom stereocenters. The molecule has 1 aromatic heterocycles. The van der Waals surface area contributed by atoms with Crippen LogP contribution in [-0.2, 0) is 13.0 Å². The third kappa shape index (κ3) is 4.75. The number of rotatable bonds is 7. The van der Waals surface area contributed by atoms with Crippen LogP contribution in [0, 0.1) is 0 Å². The van der Waals surface area contributed by atoms with Crippen LogP contribution in [0.15, 0.2) is 30.5 Å². The van der Waals surface area contributed by atoms with E-state index in [1.807, 2.05) is 24.7 Å². The highest BCUT2D eigenvalue weighted by Gasteiger charge is 2.24. The Morgan fingerprint density at radius 3 is 2.52 bits per heavy atom. The fourth-order valence-corrected chi connectivity index (χ4v) is 3.76. The van der Waals surface area contributed by atoms with Crippen molar-refractivity contribution in [2.45, 2.75) is 52.6 Å². The second-order valence-corrected chi connectivity index (χ2v) is 7.26. The molecule has 1 aliphatic rings. The van der Waals surface area contributed by atoms with Gasteiger partial charge in [0.25, 0.3) is 5.91 Å². The molecule has 146 valence electrons. The summed E-state index contributed by atoms with van der Waals surface area (Å²) in [4.78, 5) is 16.7. The molecule has 1 fully saturated rings. The lowest BCUT2D eigenvalue weighted by Crippen LogP contribution is -2.36. The Balaban J connectivity index is 1.63. The Hall–Kier alpha value is -2.21. The fourth-order valence-electron chi connectivity index (χ4n) is 3.76. The normalized spacial score (nSPS) is 17.8. The van der Waals surface area contributed by atoms with Crippen molar-refractivity contribution in [1.82, 2.24) is 24.8 Å². The molecule has 27 heavy (non-hydrogen) atoms. The number of carbonyl (C=O) groups excluding carboxylic acids is 1. The van der Waals surface area contributed by atoms with Gasteiger partial charge in [-0.05, 0) is 50.8 Å². The maximum atomic E-state index is 12.5. The monoisotopic (exact) mass is 369 g/mol. The zero-order valence-electron chi connectivity index (χ0n) is 16.8. The van der Waals surface area contributed by atoms with Gasteiger partial charge in [-0.1, -0.05) is 36.4 Å². The zero-order valence-corrected chi connectivity index (χ0v) is 16.8. The van der Waals surface area contributed by atoms with E-state index in [4.69, 9.17) is 0 Å². The number of hydrogen-bond acceptors (Lipinski definition) is 4. The van der Waals surface area contributed by atoms with Gasteiger partial charge in [0.2, 0.25) is 0 Å². The zero-order chi connectivity index (χ0) is 19.2. The number of carbonyl (C=O) groups is 1. The molecule has 1 saturated heterocycles. The summed E-state index contributed by atoms with van der Waals surface area (Å²) in [6, 6.07) is 9.19. The average molecular weight is 370 g/mol. The SMILES string of the molecule is CCc1ccc(CN2CCC[C@@H](n3cc(C(=O)N(CC)CC)nn3)C2)cc1. The molecule has 0 unspecified atom stereocenters. The number of hydrogen-bond donors (Lipinski definition) is 0. The van der Waals surface area contributed by atoms with Crippen molar-refractivity contribution in [2.75, 3.05) is 26.2 Å². The van der Waals surface area contributed by atoms with Crippen LogP contribution in [0.25, 0.3) is 0 Å². The van der Waals surface area contributed by atoms with Crippen molar-refractivity contribution < 1.29 is 4.79 Å². The quantitative estimate of drug-likeness (QED) is 0.752. The van der Waals surface area contributed by atoms with Gasteiger partial charge in [0.15, 0.2) is 5.69 Å². The third-order valence-corrected chi connectivity index (χ3v) is 5.47. The molecule has 6 heteroatoms. The van der Waals surface area contributed by atoms with Crippen molar-refractivity contribution >= 4 is 5.91 Å². The van der Waals surface area contributed by atoms with Crippen molar-refractivity contribution in [3.63, 3.8) is 0 Å². The number of benzene rings is 1. The molecule has 2 aromatic rings. The topological polar surface area (TPSA) is 54.3 Å². The smallest absolute Gasteiger partial charge is 0.276 e. The summed E-state index contributed by atoms with van der Waals surface area (Å²) in [7, 11) is 0. The van der Waals surface area contributed by atoms with Crippen LogP contribution in [0.4, 0.5) is 0 Å². The van der Waals surface area contributed by atoms with Crippen LogP contribution < -0.4 is 0 Å². The first-order valence-electron chi connectivity index (χ1n) is 10.2. The highest BCUT2D eigenvalue weighted by Crippen LogP contribution is 2.22. The van der Waals surface area contributed by atoms with Crippen LogP contribution in [0.2, 0.25) is 0 Å². The second-order valence-electron chi connectivity index (χ2n) is 7.26. The molecular weight excluding hydrogens is 338 g/mol. The molecule has 2 heterocycles. The lowest BCUT2D eigenvalue weighted by molar-refractivity contribution is 0.0767. The molecular formula is C21H31N5O. The van der Waals surface area contributed by atoms with E-state index >= 15 is 0 Å². The van der Waals surface area contributed by atoms with Gasteiger partial charge in [0.1, 0.15) is 0 Å². The predicted octanol–water partition coefficient (Wildman–Crippen LogP) is 3.16. The lowest BCUT2D eigenvalue weighted by Gasteiger charge is -2.32. The average Bonchev–Trinajstić information content (AvgIpc) is 3.20. The third-order valence-electron chi connectivity index (χ3n) is 5.47. The Morgan fingerprint density at radius 1 is 1.15 bits per heavy atom. The minimum atomic E-state index is -0.0325. The van der Waals surface area contributed by atoms with Gasteiger partial charge in [-0.3, -0.25) is 9.69 Å². The largest absolute Gasteiger partial charge is 0.338 e. The minimum Gasteiger partial charge on any atom is -0.338 e. The van der Waals surface area contributed by atoms with Gasteiger partial charge in [0.05, 0.1) is 12.2 Å². The van der Waals surface area contributed by atoms with E-state index in [-0.39, 0.29) is 11.9 Å². The number of likely N-dealkylation sites (tertiary alicyclic amines) is 1. The van der Waals surface area contributed by atoms with Crippen molar-refractivity contribution in [3.8, 4) is 0 Å². The second kappa shape index (κ2) is 9.13. The number of amides is 1. The van der Waals surface area contributed by atoms with Crippen LogP contribution >= 0.6 is 0 Å². The summed E-state index contributed by atoms with van der Waals surface area (Å²) in [5, 5.41) is 8.41. The van der Waals surface area contributed by atoms with Crippen molar-refractivity contribution in [2.24, 2.45) is 0 Å². The van der Waals surface area contributed by atoms with Crippen LogP contribution in [0.1, 0.15) is 61.3 Å². The van der Waals surface area contributed by atoms with Gasteiger partial charge < -0.3 is 4.90 Å². The summed E-state index contributed by atoms with van der Waals surface area (Å²) < 4.78 is 1.89. The standard InChI is InChI=1S/C21H31N5O/c1-4-17-9-11-18(12-10-17)14-24-13-7-8-19(15-24)26-16-20(22-23-26)21(27)25(5-2)6-3/h9-12,16,19H,4-8,13-15H2,1-3H3/t19-/m1/s1. The molecule has 1 aliphatic heterocycles. The molecule has 3 rings (SSSR count). The van der Waals surface area contributed by atoms with E-state index in [0.29, 0.717) is 18.8 Å². The Bertz CT molecular complexity index is 735.